The van der Waals surface area contributed by atoms with Crippen LogP contribution >= 0.6 is 0 Å². The highest BCUT2D eigenvalue weighted by Crippen LogP contribution is 2.40. The lowest BCUT2D eigenvalue weighted by Crippen LogP contribution is -1.96. The molecule has 0 amide bonds. The second-order valence-electron chi connectivity index (χ2n) is 15.0. The molecule has 3 nitrogen and oxygen atoms in total. The highest BCUT2D eigenvalue weighted by Gasteiger charge is 2.19. The summed E-state index contributed by atoms with van der Waals surface area (Å²) in [4.78, 5) is 0. The Kier molecular flexibility index (Phi) is 6.93. The summed E-state index contributed by atoms with van der Waals surface area (Å²) in [6, 6.07) is 77.5. The minimum absolute atomic E-state index is 1.14. The normalized spacial score (nSPS) is 11.9. The van der Waals surface area contributed by atoms with Crippen molar-refractivity contribution in [2.24, 2.45) is 0 Å². The highest BCUT2D eigenvalue weighted by atomic mass is 15.0. The van der Waals surface area contributed by atoms with Crippen LogP contribution in [-0.4, -0.2) is 13.7 Å². The summed E-state index contributed by atoms with van der Waals surface area (Å²) >= 11 is 0. The molecule has 0 bridgehead atoms. The zero-order chi connectivity index (χ0) is 37.5. The summed E-state index contributed by atoms with van der Waals surface area (Å²) in [6.07, 6.45) is 0. The van der Waals surface area contributed by atoms with Gasteiger partial charge in [0.05, 0.1) is 33.1 Å². The second-order valence-corrected chi connectivity index (χ2v) is 15.0. The van der Waals surface area contributed by atoms with E-state index in [9.17, 15) is 0 Å². The van der Waals surface area contributed by atoms with Crippen LogP contribution < -0.4 is 0 Å². The van der Waals surface area contributed by atoms with Gasteiger partial charge in [0, 0.05) is 49.4 Å². The summed E-state index contributed by atoms with van der Waals surface area (Å²) in [5.41, 5.74) is 15.5. The van der Waals surface area contributed by atoms with Crippen LogP contribution in [0.5, 0.6) is 0 Å². The van der Waals surface area contributed by atoms with Crippen LogP contribution in [0.1, 0.15) is 0 Å². The minimum Gasteiger partial charge on any atom is -0.309 e. The van der Waals surface area contributed by atoms with Crippen molar-refractivity contribution < 1.29 is 0 Å². The van der Waals surface area contributed by atoms with Crippen LogP contribution in [0.25, 0.3) is 105 Å². The van der Waals surface area contributed by atoms with Crippen LogP contribution in [0, 0.1) is 0 Å². The third kappa shape index (κ3) is 4.86. The molecule has 0 fully saturated rings. The van der Waals surface area contributed by atoms with E-state index in [1.807, 2.05) is 0 Å². The van der Waals surface area contributed by atoms with Crippen LogP contribution in [0.15, 0.2) is 212 Å². The van der Waals surface area contributed by atoms with Crippen molar-refractivity contribution in [2.45, 2.75) is 0 Å². The molecule has 3 aromatic heterocycles. The van der Waals surface area contributed by atoms with Crippen molar-refractivity contribution >= 4 is 65.4 Å². The van der Waals surface area contributed by atoms with E-state index in [0.717, 1.165) is 11.4 Å². The van der Waals surface area contributed by atoms with Crippen LogP contribution in [0.3, 0.4) is 0 Å². The average molecular weight is 726 g/mol. The van der Waals surface area contributed by atoms with Crippen LogP contribution in [0.2, 0.25) is 0 Å². The van der Waals surface area contributed by atoms with Crippen molar-refractivity contribution in [3.8, 4) is 39.3 Å². The Bertz CT molecular complexity index is 3500. The molecule has 0 atom stereocenters. The van der Waals surface area contributed by atoms with Crippen molar-refractivity contribution in [3.63, 3.8) is 0 Å². The molecule has 0 aliphatic carbocycles. The summed E-state index contributed by atoms with van der Waals surface area (Å²) < 4.78 is 7.24. The predicted octanol–water partition coefficient (Wildman–Crippen LogP) is 14.3. The van der Waals surface area contributed by atoms with Crippen molar-refractivity contribution in [1.29, 1.82) is 0 Å². The van der Waals surface area contributed by atoms with Crippen LogP contribution in [0.4, 0.5) is 0 Å². The molecule has 0 saturated carbocycles. The van der Waals surface area contributed by atoms with Crippen molar-refractivity contribution in [3.05, 3.63) is 212 Å². The molecular weight excluding hydrogens is 691 g/mol. The van der Waals surface area contributed by atoms with Gasteiger partial charge in [-0.25, -0.2) is 0 Å². The standard InChI is InChI=1S/C54H35N3/c1-4-14-36(15-5-1)37-25-29-52-47(32-37)48-35-42(27-31-53(48)56(52)41-18-8-3-9-19-41)57-49-22-12-10-20-43(49)45-28-24-39(34-54(45)57)38-26-30-51-46(33-38)44-21-11-13-23-50(44)55(51)40-16-6-2-7-17-40/h1-35H. The van der Waals surface area contributed by atoms with Crippen molar-refractivity contribution in [2.75, 3.05) is 0 Å². The number of para-hydroxylation sites is 4. The Morgan fingerprint density at radius 2 is 0.579 bits per heavy atom. The number of nitrogens with zero attached hydrogens (tertiary/aromatic N) is 3. The van der Waals surface area contributed by atoms with E-state index >= 15 is 0 Å². The lowest BCUT2D eigenvalue weighted by atomic mass is 10.0. The number of hydrogen-bond donors (Lipinski definition) is 0. The number of hydrogen-bond acceptors (Lipinski definition) is 0. The average Bonchev–Trinajstić information content (AvgIpc) is 3.92. The maximum Gasteiger partial charge on any atom is 0.0547 e. The van der Waals surface area contributed by atoms with Gasteiger partial charge < -0.3 is 13.7 Å². The molecule has 3 heteroatoms. The van der Waals surface area contributed by atoms with E-state index in [0.29, 0.717) is 0 Å². The molecule has 266 valence electrons. The third-order valence-electron chi connectivity index (χ3n) is 11.8. The zero-order valence-corrected chi connectivity index (χ0v) is 31.0. The van der Waals surface area contributed by atoms with E-state index < -0.39 is 0 Å². The fourth-order valence-electron chi connectivity index (χ4n) is 9.25. The first kappa shape index (κ1) is 31.7. The molecule has 12 rings (SSSR count). The van der Waals surface area contributed by atoms with Gasteiger partial charge in [-0.15, -0.1) is 0 Å². The molecule has 0 saturated heterocycles. The van der Waals surface area contributed by atoms with Gasteiger partial charge >= 0.3 is 0 Å². The van der Waals surface area contributed by atoms with Gasteiger partial charge in [0.25, 0.3) is 0 Å². The molecule has 12 aromatic rings. The Labute approximate surface area is 329 Å². The van der Waals surface area contributed by atoms with E-state index in [-0.39, 0.29) is 0 Å². The quantitative estimate of drug-likeness (QED) is 0.168. The van der Waals surface area contributed by atoms with Gasteiger partial charge in [-0.05, 0) is 107 Å². The third-order valence-corrected chi connectivity index (χ3v) is 11.8. The largest absolute Gasteiger partial charge is 0.309 e. The van der Waals surface area contributed by atoms with Gasteiger partial charge in [0.2, 0.25) is 0 Å². The minimum atomic E-state index is 1.14. The Hall–Kier alpha value is -7.62. The number of fused-ring (bicyclic) bond motifs is 9. The van der Waals surface area contributed by atoms with E-state index in [2.05, 4.69) is 226 Å². The monoisotopic (exact) mass is 725 g/mol. The molecule has 57 heavy (non-hydrogen) atoms. The predicted molar refractivity (Wildman–Crippen MR) is 240 cm³/mol. The number of aromatic nitrogens is 3. The number of benzene rings is 9. The topological polar surface area (TPSA) is 14.8 Å². The van der Waals surface area contributed by atoms with E-state index in [1.165, 1.54) is 93.4 Å². The molecule has 0 aliphatic rings. The zero-order valence-electron chi connectivity index (χ0n) is 31.0. The molecule has 0 spiro atoms. The molecular formula is C54H35N3. The van der Waals surface area contributed by atoms with Gasteiger partial charge in [0.15, 0.2) is 0 Å². The van der Waals surface area contributed by atoms with Gasteiger partial charge in [-0.2, -0.15) is 0 Å². The fraction of sp³-hybridized carbons (Fsp3) is 0. The first-order valence-corrected chi connectivity index (χ1v) is 19.6. The molecule has 0 unspecified atom stereocenters. The maximum atomic E-state index is 2.46. The summed E-state index contributed by atoms with van der Waals surface area (Å²) in [5.74, 6) is 0. The SMILES string of the molecule is c1ccc(-c2ccc3c(c2)c2cc(-n4c5ccccc5c5ccc(-c6ccc7c(c6)c6ccccc6n7-c6ccccc6)cc54)ccc2n3-c2ccccc2)cc1. The summed E-state index contributed by atoms with van der Waals surface area (Å²) in [5, 5.41) is 7.47. The lowest BCUT2D eigenvalue weighted by molar-refractivity contribution is 1.17. The first-order valence-electron chi connectivity index (χ1n) is 19.6. The summed E-state index contributed by atoms with van der Waals surface area (Å²) in [7, 11) is 0. The summed E-state index contributed by atoms with van der Waals surface area (Å²) in [6.45, 7) is 0. The smallest absolute Gasteiger partial charge is 0.0547 e. The van der Waals surface area contributed by atoms with Gasteiger partial charge in [-0.3, -0.25) is 0 Å². The lowest BCUT2D eigenvalue weighted by Gasteiger charge is -2.11. The molecule has 0 N–H and O–H groups in total. The maximum absolute atomic E-state index is 2.46. The molecule has 9 aromatic carbocycles. The van der Waals surface area contributed by atoms with Crippen molar-refractivity contribution in [1.82, 2.24) is 13.7 Å². The first-order chi connectivity index (χ1) is 28.3. The molecule has 0 radical (unpaired) electrons. The van der Waals surface area contributed by atoms with E-state index in [4.69, 9.17) is 0 Å². The Morgan fingerprint density at radius 1 is 0.193 bits per heavy atom. The second kappa shape index (κ2) is 12.5. The fourth-order valence-corrected chi connectivity index (χ4v) is 9.25. The van der Waals surface area contributed by atoms with Gasteiger partial charge in [0.1, 0.15) is 0 Å². The Morgan fingerprint density at radius 3 is 1.19 bits per heavy atom. The Balaban J connectivity index is 1.08. The highest BCUT2D eigenvalue weighted by molar-refractivity contribution is 6.14. The molecule has 3 heterocycles. The number of rotatable bonds is 5. The van der Waals surface area contributed by atoms with Crippen LogP contribution in [-0.2, 0) is 0 Å². The molecule has 0 aliphatic heterocycles. The van der Waals surface area contributed by atoms with E-state index in [1.54, 1.807) is 0 Å². The van der Waals surface area contributed by atoms with Gasteiger partial charge in [-0.1, -0.05) is 127 Å².